The van der Waals surface area contributed by atoms with Gasteiger partial charge in [-0.2, -0.15) is 13.2 Å². The van der Waals surface area contributed by atoms with E-state index in [1.54, 1.807) is 55.5 Å². The highest BCUT2D eigenvalue weighted by Crippen LogP contribution is 2.23. The number of aromatic amines is 1. The minimum absolute atomic E-state index is 0.0694. The number of carbonyl (C=O) groups excluding carboxylic acids is 4. The predicted molar refractivity (Wildman–Crippen MR) is 135 cm³/mol. The van der Waals surface area contributed by atoms with Crippen molar-refractivity contribution in [3.63, 3.8) is 0 Å². The highest BCUT2D eigenvalue weighted by atomic mass is 19.4. The van der Waals surface area contributed by atoms with Gasteiger partial charge in [-0.25, -0.2) is 0 Å². The van der Waals surface area contributed by atoms with E-state index in [9.17, 15) is 32.3 Å². The predicted octanol–water partition coefficient (Wildman–Crippen LogP) is 2.16. The Bertz CT molecular complexity index is 1320. The number of rotatable bonds is 11. The SMILES string of the molecule is CCC(=O)NC(Cc1cccc(N)c1)C(=O)NCC(=O)NC(Cc1c[nH]c2ccccc12)C(=O)C(F)(F)F. The molecule has 0 radical (unpaired) electrons. The molecular weight excluding hydrogens is 503 g/mol. The van der Waals surface area contributed by atoms with Crippen LogP contribution in [0.1, 0.15) is 24.5 Å². The summed E-state index contributed by atoms with van der Waals surface area (Å²) in [5.74, 6) is -4.24. The molecule has 3 rings (SSSR count). The van der Waals surface area contributed by atoms with Gasteiger partial charge < -0.3 is 26.7 Å². The third-order valence-corrected chi connectivity index (χ3v) is 5.82. The average molecular weight is 532 g/mol. The van der Waals surface area contributed by atoms with Gasteiger partial charge in [0.2, 0.25) is 17.7 Å². The van der Waals surface area contributed by atoms with E-state index in [-0.39, 0.29) is 12.8 Å². The summed E-state index contributed by atoms with van der Waals surface area (Å²) in [5, 5.41) is 7.58. The van der Waals surface area contributed by atoms with Gasteiger partial charge in [0.1, 0.15) is 12.1 Å². The van der Waals surface area contributed by atoms with Crippen LogP contribution in [-0.4, -0.2) is 53.3 Å². The zero-order valence-electron chi connectivity index (χ0n) is 20.5. The Labute approximate surface area is 216 Å². The van der Waals surface area contributed by atoms with E-state index in [1.807, 2.05) is 0 Å². The quantitative estimate of drug-likeness (QED) is 0.241. The van der Waals surface area contributed by atoms with Crippen molar-refractivity contribution in [2.45, 2.75) is 44.4 Å². The normalized spacial score (nSPS) is 12.9. The molecule has 0 aliphatic heterocycles. The first-order valence-corrected chi connectivity index (χ1v) is 11.8. The molecule has 2 unspecified atom stereocenters. The summed E-state index contributed by atoms with van der Waals surface area (Å²) in [6.45, 7) is 0.896. The molecule has 2 aromatic carbocycles. The Hall–Kier alpha value is -4.35. The summed E-state index contributed by atoms with van der Waals surface area (Å²) in [4.78, 5) is 52.3. The molecule has 3 aromatic rings. The number of hydrogen-bond acceptors (Lipinski definition) is 5. The lowest BCUT2D eigenvalue weighted by molar-refractivity contribution is -0.173. The van der Waals surface area contributed by atoms with Crippen LogP contribution in [0, 0.1) is 0 Å². The number of carbonyl (C=O) groups is 4. The molecule has 202 valence electrons. The minimum Gasteiger partial charge on any atom is -0.399 e. The molecule has 2 atom stereocenters. The van der Waals surface area contributed by atoms with E-state index < -0.39 is 54.7 Å². The number of para-hydroxylation sites is 1. The van der Waals surface area contributed by atoms with Crippen molar-refractivity contribution >= 4 is 40.1 Å². The summed E-state index contributed by atoms with van der Waals surface area (Å²) in [5.41, 5.74) is 7.96. The standard InChI is InChI=1S/C26H28F3N5O4/c1-2-22(35)34-21(11-15-6-5-7-17(30)10-15)25(38)32-14-23(36)33-20(24(37)26(27,28)29)12-16-13-31-19-9-4-3-8-18(16)19/h3-10,13,20-21,31H,2,11-12,14,30H2,1H3,(H,32,38)(H,33,36)(H,34,35). The number of Topliss-reactive ketones (excluding diaryl/α,β-unsaturated/α-hetero) is 1. The summed E-state index contributed by atoms with van der Waals surface area (Å²) >= 11 is 0. The molecule has 0 aliphatic carbocycles. The van der Waals surface area contributed by atoms with Crippen molar-refractivity contribution in [3.8, 4) is 0 Å². The molecule has 3 amide bonds. The Morgan fingerprint density at radius 2 is 1.66 bits per heavy atom. The van der Waals surface area contributed by atoms with Crippen LogP contribution in [0.25, 0.3) is 10.9 Å². The Kier molecular flexibility index (Phi) is 9.11. The van der Waals surface area contributed by atoms with Crippen LogP contribution < -0.4 is 21.7 Å². The number of anilines is 1. The van der Waals surface area contributed by atoms with Crippen molar-refractivity contribution in [3.05, 3.63) is 65.9 Å². The minimum atomic E-state index is -5.18. The first kappa shape index (κ1) is 28.2. The van der Waals surface area contributed by atoms with E-state index in [2.05, 4.69) is 20.9 Å². The van der Waals surface area contributed by atoms with Gasteiger partial charge in [-0.05, 0) is 29.3 Å². The van der Waals surface area contributed by atoms with Crippen molar-refractivity contribution in [2.24, 2.45) is 0 Å². The van der Waals surface area contributed by atoms with Gasteiger partial charge in [0.05, 0.1) is 6.54 Å². The van der Waals surface area contributed by atoms with Crippen LogP contribution in [0.5, 0.6) is 0 Å². The maximum absolute atomic E-state index is 13.3. The fourth-order valence-electron chi connectivity index (χ4n) is 3.92. The lowest BCUT2D eigenvalue weighted by Crippen LogP contribution is -2.53. The monoisotopic (exact) mass is 531 g/mol. The first-order chi connectivity index (χ1) is 18.0. The van der Waals surface area contributed by atoms with Crippen LogP contribution in [0.3, 0.4) is 0 Å². The van der Waals surface area contributed by atoms with Gasteiger partial charge in [0.25, 0.3) is 5.78 Å². The van der Waals surface area contributed by atoms with E-state index in [1.165, 1.54) is 6.20 Å². The maximum atomic E-state index is 13.3. The molecule has 0 aliphatic rings. The highest BCUT2D eigenvalue weighted by Gasteiger charge is 2.44. The number of alkyl halides is 3. The third-order valence-electron chi connectivity index (χ3n) is 5.82. The molecule has 0 spiro atoms. The third kappa shape index (κ3) is 7.58. The molecule has 0 saturated heterocycles. The van der Waals surface area contributed by atoms with Crippen molar-refractivity contribution < 1.29 is 32.3 Å². The largest absolute Gasteiger partial charge is 0.452 e. The lowest BCUT2D eigenvalue weighted by Gasteiger charge is -2.21. The van der Waals surface area contributed by atoms with Gasteiger partial charge in [-0.1, -0.05) is 37.3 Å². The molecule has 38 heavy (non-hydrogen) atoms. The lowest BCUT2D eigenvalue weighted by atomic mass is 10.0. The Balaban J connectivity index is 1.69. The fraction of sp³-hybridized carbons (Fsp3) is 0.308. The topological polar surface area (TPSA) is 146 Å². The first-order valence-electron chi connectivity index (χ1n) is 11.8. The molecule has 1 heterocycles. The summed E-state index contributed by atoms with van der Waals surface area (Å²) in [7, 11) is 0. The van der Waals surface area contributed by atoms with Crippen LogP contribution in [0.15, 0.2) is 54.7 Å². The van der Waals surface area contributed by atoms with E-state index in [0.717, 1.165) is 0 Å². The van der Waals surface area contributed by atoms with Gasteiger partial charge in [0, 0.05) is 42.0 Å². The van der Waals surface area contributed by atoms with Crippen LogP contribution in [0.2, 0.25) is 0 Å². The maximum Gasteiger partial charge on any atom is 0.452 e. The van der Waals surface area contributed by atoms with Gasteiger partial charge >= 0.3 is 6.18 Å². The van der Waals surface area contributed by atoms with Gasteiger partial charge in [-0.3, -0.25) is 19.2 Å². The molecule has 0 saturated carbocycles. The van der Waals surface area contributed by atoms with Gasteiger partial charge in [0.15, 0.2) is 0 Å². The number of benzene rings is 2. The second kappa shape index (κ2) is 12.3. The van der Waals surface area contributed by atoms with E-state index in [4.69, 9.17) is 5.73 Å². The molecular formula is C26H28F3N5O4. The van der Waals surface area contributed by atoms with Gasteiger partial charge in [-0.15, -0.1) is 0 Å². The van der Waals surface area contributed by atoms with Crippen molar-refractivity contribution in [2.75, 3.05) is 12.3 Å². The summed E-state index contributed by atoms with van der Waals surface area (Å²) in [6.07, 6.45) is -3.93. The number of fused-ring (bicyclic) bond motifs is 1. The Morgan fingerprint density at radius 1 is 0.947 bits per heavy atom. The smallest absolute Gasteiger partial charge is 0.399 e. The van der Waals surface area contributed by atoms with E-state index >= 15 is 0 Å². The molecule has 9 nitrogen and oxygen atoms in total. The van der Waals surface area contributed by atoms with Crippen molar-refractivity contribution in [1.82, 2.24) is 20.9 Å². The second-order valence-electron chi connectivity index (χ2n) is 8.69. The number of aromatic nitrogens is 1. The number of nitrogen functional groups attached to an aromatic ring is 1. The number of amides is 3. The zero-order valence-corrected chi connectivity index (χ0v) is 20.5. The average Bonchev–Trinajstić information content (AvgIpc) is 3.28. The summed E-state index contributed by atoms with van der Waals surface area (Å²) < 4.78 is 39.8. The van der Waals surface area contributed by atoms with Crippen LogP contribution >= 0.6 is 0 Å². The second-order valence-corrected chi connectivity index (χ2v) is 8.69. The number of hydrogen-bond donors (Lipinski definition) is 5. The number of halogens is 3. The number of ketones is 1. The summed E-state index contributed by atoms with van der Waals surface area (Å²) in [6, 6.07) is 10.6. The zero-order chi connectivity index (χ0) is 27.9. The number of nitrogens with two attached hydrogens (primary N) is 1. The van der Waals surface area contributed by atoms with Crippen LogP contribution in [0.4, 0.5) is 18.9 Å². The molecule has 0 fully saturated rings. The molecule has 6 N–H and O–H groups in total. The number of nitrogens with one attached hydrogen (secondary N) is 4. The molecule has 12 heteroatoms. The fourth-order valence-corrected chi connectivity index (χ4v) is 3.92. The number of H-pyrrole nitrogens is 1. The molecule has 1 aromatic heterocycles. The molecule has 0 bridgehead atoms. The Morgan fingerprint density at radius 3 is 2.34 bits per heavy atom. The van der Waals surface area contributed by atoms with Crippen molar-refractivity contribution in [1.29, 1.82) is 0 Å². The van der Waals surface area contributed by atoms with Crippen LogP contribution in [-0.2, 0) is 32.0 Å². The van der Waals surface area contributed by atoms with E-state index in [0.29, 0.717) is 27.7 Å². The highest BCUT2D eigenvalue weighted by molar-refractivity contribution is 5.95.